The van der Waals surface area contributed by atoms with Crippen LogP contribution in [0.25, 0.3) is 11.5 Å². The van der Waals surface area contributed by atoms with E-state index in [1.165, 1.54) is 13.3 Å². The smallest absolute Gasteiger partial charge is 0.340 e. The summed E-state index contributed by atoms with van der Waals surface area (Å²) in [6.07, 6.45) is 1.37. The van der Waals surface area contributed by atoms with E-state index in [4.69, 9.17) is 25.5 Å². The highest BCUT2D eigenvalue weighted by Crippen LogP contribution is 2.26. The highest BCUT2D eigenvalue weighted by Gasteiger charge is 2.14. The van der Waals surface area contributed by atoms with Gasteiger partial charge in [0.05, 0.1) is 23.3 Å². The summed E-state index contributed by atoms with van der Waals surface area (Å²) < 4.78 is 15.5. The monoisotopic (exact) mass is 345 g/mol. The van der Waals surface area contributed by atoms with Gasteiger partial charge in [0.1, 0.15) is 0 Å². The molecule has 0 aliphatic heterocycles. The van der Waals surface area contributed by atoms with Crippen LogP contribution < -0.4 is 4.74 Å². The van der Waals surface area contributed by atoms with Crippen molar-refractivity contribution in [2.24, 2.45) is 0 Å². The first kappa shape index (κ1) is 15.9. The Morgan fingerprint density at radius 2 is 2.04 bits per heavy atom. The Balaban J connectivity index is 1.65. The van der Waals surface area contributed by atoms with Crippen LogP contribution in [0.15, 0.2) is 47.0 Å². The maximum Gasteiger partial charge on any atom is 0.340 e. The Morgan fingerprint density at radius 1 is 1.21 bits per heavy atom. The molecule has 1 aromatic carbocycles. The van der Waals surface area contributed by atoms with Crippen LogP contribution in [0.2, 0.25) is 5.02 Å². The molecule has 3 aromatic rings. The average molecular weight is 346 g/mol. The number of benzene rings is 1. The Morgan fingerprint density at radius 3 is 2.75 bits per heavy atom. The second-order valence-electron chi connectivity index (χ2n) is 4.65. The molecule has 0 atom stereocenters. The molecule has 24 heavy (non-hydrogen) atoms. The number of carbonyl (C=O) groups excluding carboxylic acids is 1. The minimum Gasteiger partial charge on any atom is -0.481 e. The Labute approximate surface area is 142 Å². The predicted octanol–water partition coefficient (Wildman–Crippen LogP) is 3.15. The molecule has 0 radical (unpaired) electrons. The van der Waals surface area contributed by atoms with Crippen LogP contribution in [-0.4, -0.2) is 28.3 Å². The molecule has 122 valence electrons. The highest BCUT2D eigenvalue weighted by atomic mass is 35.5. The number of nitrogens with zero attached hydrogens (tertiary/aromatic N) is 3. The molecule has 3 rings (SSSR count). The van der Waals surface area contributed by atoms with Gasteiger partial charge in [0.25, 0.3) is 5.89 Å². The molecular weight excluding hydrogens is 334 g/mol. The summed E-state index contributed by atoms with van der Waals surface area (Å²) in [5.74, 6) is 0.285. The van der Waals surface area contributed by atoms with Crippen molar-refractivity contribution >= 4 is 17.6 Å². The van der Waals surface area contributed by atoms with Crippen molar-refractivity contribution in [3.63, 3.8) is 0 Å². The van der Waals surface area contributed by atoms with Crippen LogP contribution in [0.4, 0.5) is 0 Å². The zero-order chi connectivity index (χ0) is 16.9. The quantitative estimate of drug-likeness (QED) is 0.656. The molecule has 0 N–H and O–H groups in total. The summed E-state index contributed by atoms with van der Waals surface area (Å²) in [4.78, 5) is 15.9. The Kier molecular flexibility index (Phi) is 4.72. The van der Waals surface area contributed by atoms with Crippen molar-refractivity contribution in [2.75, 3.05) is 7.11 Å². The van der Waals surface area contributed by atoms with Gasteiger partial charge in [0, 0.05) is 12.3 Å². The number of rotatable bonds is 5. The first-order chi connectivity index (χ1) is 11.7. The minimum atomic E-state index is -0.553. The second-order valence-corrected chi connectivity index (χ2v) is 5.05. The lowest BCUT2D eigenvalue weighted by atomic mass is 10.2. The molecule has 0 amide bonds. The molecule has 0 aliphatic carbocycles. The lowest BCUT2D eigenvalue weighted by Crippen LogP contribution is -2.06. The molecule has 0 saturated carbocycles. The average Bonchev–Trinajstić information content (AvgIpc) is 3.09. The molecule has 2 heterocycles. The van der Waals surface area contributed by atoms with E-state index in [0.29, 0.717) is 22.0 Å². The van der Waals surface area contributed by atoms with E-state index in [0.717, 1.165) is 0 Å². The van der Waals surface area contributed by atoms with Gasteiger partial charge in [-0.25, -0.2) is 9.78 Å². The lowest BCUT2D eigenvalue weighted by molar-refractivity contribution is 0.0438. The Bertz CT molecular complexity index is 849. The van der Waals surface area contributed by atoms with Crippen LogP contribution in [0, 0.1) is 0 Å². The fourth-order valence-corrected chi connectivity index (χ4v) is 2.10. The summed E-state index contributed by atoms with van der Waals surface area (Å²) in [6.45, 7) is -0.150. The van der Waals surface area contributed by atoms with Crippen LogP contribution in [-0.2, 0) is 11.3 Å². The van der Waals surface area contributed by atoms with Gasteiger partial charge >= 0.3 is 5.97 Å². The van der Waals surface area contributed by atoms with Crippen molar-refractivity contribution in [3.05, 3.63) is 59.1 Å². The fourth-order valence-electron chi connectivity index (χ4n) is 1.89. The normalized spacial score (nSPS) is 10.4. The molecule has 0 aliphatic rings. The van der Waals surface area contributed by atoms with E-state index in [1.54, 1.807) is 30.3 Å². The van der Waals surface area contributed by atoms with E-state index >= 15 is 0 Å². The number of ether oxygens (including phenoxy) is 2. The molecule has 2 aromatic heterocycles. The number of hydrogen-bond acceptors (Lipinski definition) is 7. The standard InChI is InChI=1S/C16H12ClN3O4/c1-22-13-7-6-10(8-18-13)16(21)23-9-14-19-20-15(24-14)11-4-2-3-5-12(11)17/h2-8H,9H2,1H3. The van der Waals surface area contributed by atoms with Gasteiger partial charge in [0.15, 0.2) is 6.61 Å². The van der Waals surface area contributed by atoms with Crippen molar-refractivity contribution in [1.82, 2.24) is 15.2 Å². The van der Waals surface area contributed by atoms with Gasteiger partial charge < -0.3 is 13.9 Å². The summed E-state index contributed by atoms with van der Waals surface area (Å²) in [5.41, 5.74) is 0.908. The van der Waals surface area contributed by atoms with Gasteiger partial charge in [-0.3, -0.25) is 0 Å². The number of methoxy groups -OCH3 is 1. The molecular formula is C16H12ClN3O4. The van der Waals surface area contributed by atoms with E-state index in [9.17, 15) is 4.79 Å². The number of hydrogen-bond donors (Lipinski definition) is 0. The predicted molar refractivity (Wildman–Crippen MR) is 84.7 cm³/mol. The number of aromatic nitrogens is 3. The van der Waals surface area contributed by atoms with Gasteiger partial charge in [-0.1, -0.05) is 23.7 Å². The zero-order valence-electron chi connectivity index (χ0n) is 12.6. The molecule has 0 bridgehead atoms. The summed E-state index contributed by atoms with van der Waals surface area (Å²) in [5, 5.41) is 8.23. The number of halogens is 1. The van der Waals surface area contributed by atoms with Crippen LogP contribution in [0.5, 0.6) is 5.88 Å². The molecule has 8 heteroatoms. The van der Waals surface area contributed by atoms with Gasteiger partial charge in [0.2, 0.25) is 11.8 Å². The number of pyridine rings is 1. The summed E-state index contributed by atoms with van der Waals surface area (Å²) in [6, 6.07) is 10.2. The molecule has 0 fully saturated rings. The van der Waals surface area contributed by atoms with Crippen molar-refractivity contribution in [2.45, 2.75) is 6.61 Å². The van der Waals surface area contributed by atoms with Gasteiger partial charge in [-0.15, -0.1) is 10.2 Å². The maximum absolute atomic E-state index is 11.9. The van der Waals surface area contributed by atoms with Crippen LogP contribution in [0.1, 0.15) is 16.2 Å². The van der Waals surface area contributed by atoms with Gasteiger partial charge in [-0.05, 0) is 18.2 Å². The summed E-state index contributed by atoms with van der Waals surface area (Å²) in [7, 11) is 1.49. The molecule has 0 spiro atoms. The second kappa shape index (κ2) is 7.10. The van der Waals surface area contributed by atoms with Crippen molar-refractivity contribution in [3.8, 4) is 17.3 Å². The fraction of sp³-hybridized carbons (Fsp3) is 0.125. The molecule has 0 saturated heterocycles. The largest absolute Gasteiger partial charge is 0.481 e. The highest BCUT2D eigenvalue weighted by molar-refractivity contribution is 6.33. The third-order valence-corrected chi connectivity index (χ3v) is 3.41. The third kappa shape index (κ3) is 3.52. The van der Waals surface area contributed by atoms with E-state index in [-0.39, 0.29) is 18.4 Å². The van der Waals surface area contributed by atoms with Gasteiger partial charge in [-0.2, -0.15) is 0 Å². The van der Waals surface area contributed by atoms with Crippen LogP contribution in [0.3, 0.4) is 0 Å². The topological polar surface area (TPSA) is 87.3 Å². The van der Waals surface area contributed by atoms with Crippen molar-refractivity contribution < 1.29 is 18.7 Å². The van der Waals surface area contributed by atoms with Crippen LogP contribution >= 0.6 is 11.6 Å². The first-order valence-electron chi connectivity index (χ1n) is 6.92. The summed E-state index contributed by atoms with van der Waals surface area (Å²) >= 11 is 6.07. The maximum atomic E-state index is 11.9. The molecule has 7 nitrogen and oxygen atoms in total. The van der Waals surface area contributed by atoms with E-state index in [1.807, 2.05) is 6.07 Å². The third-order valence-electron chi connectivity index (χ3n) is 3.08. The zero-order valence-corrected chi connectivity index (χ0v) is 13.4. The van der Waals surface area contributed by atoms with E-state index < -0.39 is 5.97 Å². The number of esters is 1. The Hall–Kier alpha value is -2.93. The lowest BCUT2D eigenvalue weighted by Gasteiger charge is -2.02. The SMILES string of the molecule is COc1ccc(C(=O)OCc2nnc(-c3ccccc3Cl)o2)cn1. The molecule has 0 unspecified atom stereocenters. The van der Waals surface area contributed by atoms with Crippen molar-refractivity contribution in [1.29, 1.82) is 0 Å². The van der Waals surface area contributed by atoms with E-state index in [2.05, 4.69) is 15.2 Å². The number of carbonyl (C=O) groups is 1. The minimum absolute atomic E-state index is 0.150. The first-order valence-corrected chi connectivity index (χ1v) is 7.29.